The van der Waals surface area contributed by atoms with Crippen LogP contribution in [0.4, 0.5) is 17.5 Å². The maximum atomic E-state index is 11.4. The van der Waals surface area contributed by atoms with E-state index < -0.39 is 5.97 Å². The van der Waals surface area contributed by atoms with Gasteiger partial charge in [-0.3, -0.25) is 0 Å². The number of hydrogen-bond donors (Lipinski definition) is 4. The van der Waals surface area contributed by atoms with Crippen LogP contribution < -0.4 is 16.4 Å². The van der Waals surface area contributed by atoms with Crippen LogP contribution in [-0.4, -0.2) is 48.1 Å². The summed E-state index contributed by atoms with van der Waals surface area (Å²) in [7, 11) is 0. The van der Waals surface area contributed by atoms with Crippen LogP contribution in [0.15, 0.2) is 18.2 Å². The van der Waals surface area contributed by atoms with Crippen molar-refractivity contribution in [1.29, 1.82) is 0 Å². The van der Waals surface area contributed by atoms with Crippen molar-refractivity contribution < 1.29 is 9.90 Å². The number of aromatic nitrogens is 5. The van der Waals surface area contributed by atoms with E-state index in [1.54, 1.807) is 10.7 Å². The van der Waals surface area contributed by atoms with Crippen molar-refractivity contribution in [2.45, 2.75) is 51.2 Å². The number of aromatic carboxylic acids is 1. The molecule has 1 fully saturated rings. The molecule has 3 aromatic rings. The monoisotopic (exact) mass is 430 g/mol. The molecule has 0 bridgehead atoms. The van der Waals surface area contributed by atoms with Crippen molar-refractivity contribution in [2.24, 2.45) is 5.73 Å². The maximum absolute atomic E-state index is 11.4. The van der Waals surface area contributed by atoms with Crippen LogP contribution in [0.3, 0.4) is 0 Å². The Morgan fingerprint density at radius 3 is 2.87 bits per heavy atom. The summed E-state index contributed by atoms with van der Waals surface area (Å²) < 4.78 is 1.68. The molecule has 1 aliphatic rings. The summed E-state index contributed by atoms with van der Waals surface area (Å²) in [5.41, 5.74) is 7.84. The Kier molecular flexibility index (Phi) is 5.69. The van der Waals surface area contributed by atoms with Gasteiger partial charge < -0.3 is 21.5 Å². The predicted molar refractivity (Wildman–Crippen MR) is 114 cm³/mol. The van der Waals surface area contributed by atoms with E-state index >= 15 is 0 Å². The fraction of sp³-hybridized carbons (Fsp3) is 0.421. The van der Waals surface area contributed by atoms with Crippen molar-refractivity contribution >= 4 is 46.2 Å². The number of nitrogens with one attached hydrogen (secondary N) is 2. The predicted octanol–water partition coefficient (Wildman–Crippen LogP) is 3.02. The number of aryl methyl sites for hydroxylation is 1. The number of carboxylic acid groups (broad SMARTS) is 1. The van der Waals surface area contributed by atoms with Crippen LogP contribution >= 0.6 is 11.6 Å². The highest BCUT2D eigenvalue weighted by molar-refractivity contribution is 6.33. The molecule has 10 nitrogen and oxygen atoms in total. The first-order chi connectivity index (χ1) is 14.5. The van der Waals surface area contributed by atoms with Crippen LogP contribution in [0.5, 0.6) is 0 Å². The summed E-state index contributed by atoms with van der Waals surface area (Å²) in [6.07, 6.45) is 4.15. The highest BCUT2D eigenvalue weighted by atomic mass is 35.5. The molecule has 0 saturated heterocycles. The van der Waals surface area contributed by atoms with Crippen LogP contribution in [0.2, 0.25) is 5.02 Å². The molecule has 2 unspecified atom stereocenters. The number of benzene rings is 1. The highest BCUT2D eigenvalue weighted by Gasteiger charge is 2.24. The highest BCUT2D eigenvalue weighted by Crippen LogP contribution is 2.28. The van der Waals surface area contributed by atoms with Crippen LogP contribution in [0.1, 0.15) is 43.0 Å². The van der Waals surface area contributed by atoms with Gasteiger partial charge in [-0.15, -0.1) is 5.10 Å². The number of nitrogens with zero attached hydrogens (tertiary/aromatic N) is 5. The third kappa shape index (κ3) is 4.01. The minimum atomic E-state index is -1.11. The minimum Gasteiger partial charge on any atom is -0.478 e. The number of rotatable bonds is 6. The molecule has 11 heteroatoms. The summed E-state index contributed by atoms with van der Waals surface area (Å²) in [4.78, 5) is 20.6. The SMILES string of the molecule is CCn1nnc2c(Nc3ccc(Cl)c(C(=O)O)c3)nc(NC3CCCCC3N)nc21. The molecular formula is C19H23ClN8O2. The van der Waals surface area contributed by atoms with Crippen molar-refractivity contribution in [2.75, 3.05) is 10.6 Å². The summed E-state index contributed by atoms with van der Waals surface area (Å²) in [5.74, 6) is -0.260. The molecule has 0 aliphatic heterocycles. The lowest BCUT2D eigenvalue weighted by atomic mass is 9.91. The minimum absolute atomic E-state index is 0.00398. The number of hydrogen-bond acceptors (Lipinski definition) is 8. The molecule has 0 amide bonds. The Labute approximate surface area is 177 Å². The fourth-order valence-electron chi connectivity index (χ4n) is 3.63. The molecule has 2 heterocycles. The lowest BCUT2D eigenvalue weighted by Gasteiger charge is -2.29. The average Bonchev–Trinajstić information content (AvgIpc) is 3.14. The van der Waals surface area contributed by atoms with Crippen molar-refractivity contribution in [3.8, 4) is 0 Å². The molecule has 0 radical (unpaired) electrons. The number of anilines is 3. The Morgan fingerprint density at radius 1 is 1.33 bits per heavy atom. The summed E-state index contributed by atoms with van der Waals surface area (Å²) in [5, 5.41) is 24.3. The van der Waals surface area contributed by atoms with Crippen molar-refractivity contribution in [3.05, 3.63) is 28.8 Å². The number of carboxylic acids is 1. The van der Waals surface area contributed by atoms with Gasteiger partial charge >= 0.3 is 5.97 Å². The third-order valence-electron chi connectivity index (χ3n) is 5.26. The molecule has 0 spiro atoms. The maximum Gasteiger partial charge on any atom is 0.337 e. The lowest BCUT2D eigenvalue weighted by molar-refractivity contribution is 0.0697. The van der Waals surface area contributed by atoms with Gasteiger partial charge in [-0.05, 0) is 38.0 Å². The second kappa shape index (κ2) is 8.41. The van der Waals surface area contributed by atoms with Gasteiger partial charge in [0.15, 0.2) is 17.0 Å². The van der Waals surface area contributed by atoms with Gasteiger partial charge in [0.25, 0.3) is 0 Å². The molecule has 30 heavy (non-hydrogen) atoms. The van der Waals surface area contributed by atoms with E-state index in [4.69, 9.17) is 17.3 Å². The van der Waals surface area contributed by atoms with Gasteiger partial charge in [0.1, 0.15) is 0 Å². The van der Waals surface area contributed by atoms with Gasteiger partial charge in [-0.2, -0.15) is 9.97 Å². The first-order valence-corrected chi connectivity index (χ1v) is 10.3. The molecule has 2 aromatic heterocycles. The molecule has 2 atom stereocenters. The second-order valence-corrected chi connectivity index (χ2v) is 7.70. The van der Waals surface area contributed by atoms with Crippen LogP contribution in [0.25, 0.3) is 11.2 Å². The van der Waals surface area contributed by atoms with Gasteiger partial charge in [-0.25, -0.2) is 9.48 Å². The average molecular weight is 431 g/mol. The molecule has 1 aromatic carbocycles. The molecule has 4 rings (SSSR count). The zero-order valence-electron chi connectivity index (χ0n) is 16.5. The third-order valence-corrected chi connectivity index (χ3v) is 5.59. The van der Waals surface area contributed by atoms with E-state index in [0.29, 0.717) is 35.2 Å². The Balaban J connectivity index is 1.72. The molecule has 1 saturated carbocycles. The van der Waals surface area contributed by atoms with Crippen LogP contribution in [-0.2, 0) is 6.54 Å². The number of fused-ring (bicyclic) bond motifs is 1. The van der Waals surface area contributed by atoms with E-state index in [1.807, 2.05) is 6.92 Å². The smallest absolute Gasteiger partial charge is 0.337 e. The zero-order chi connectivity index (χ0) is 21.3. The number of halogens is 1. The topological polar surface area (TPSA) is 144 Å². The second-order valence-electron chi connectivity index (χ2n) is 7.30. The Bertz CT molecular complexity index is 1090. The van der Waals surface area contributed by atoms with E-state index in [9.17, 15) is 9.90 Å². The van der Waals surface area contributed by atoms with Gasteiger partial charge in [-0.1, -0.05) is 29.7 Å². The van der Waals surface area contributed by atoms with E-state index in [2.05, 4.69) is 30.9 Å². The quantitative estimate of drug-likeness (QED) is 0.463. The molecule has 1 aliphatic carbocycles. The summed E-state index contributed by atoms with van der Waals surface area (Å²) in [6, 6.07) is 4.78. The van der Waals surface area contributed by atoms with Crippen molar-refractivity contribution in [3.63, 3.8) is 0 Å². The van der Waals surface area contributed by atoms with E-state index in [-0.39, 0.29) is 22.7 Å². The zero-order valence-corrected chi connectivity index (χ0v) is 17.2. The standard InChI is InChI=1S/C19H23ClN8O2/c1-2-28-17-15(26-27-28)16(22-10-7-8-12(20)11(9-10)18(29)30)24-19(25-17)23-14-6-4-3-5-13(14)21/h7-9,13-14H,2-6,21H2,1H3,(H,29,30)(H2,22,23,24,25). The first kappa shape index (κ1) is 20.3. The van der Waals surface area contributed by atoms with E-state index in [1.165, 1.54) is 12.1 Å². The summed E-state index contributed by atoms with van der Waals surface area (Å²) in [6.45, 7) is 2.55. The van der Waals surface area contributed by atoms with Gasteiger partial charge in [0.05, 0.1) is 10.6 Å². The molecule has 158 valence electrons. The van der Waals surface area contributed by atoms with Gasteiger partial charge in [0, 0.05) is 24.3 Å². The Hall–Kier alpha value is -2.98. The normalized spacial score (nSPS) is 19.0. The van der Waals surface area contributed by atoms with Gasteiger partial charge in [0.2, 0.25) is 5.95 Å². The fourth-order valence-corrected chi connectivity index (χ4v) is 3.83. The van der Waals surface area contributed by atoms with Crippen LogP contribution in [0, 0.1) is 0 Å². The number of carbonyl (C=O) groups is 1. The lowest BCUT2D eigenvalue weighted by Crippen LogP contribution is -2.43. The first-order valence-electron chi connectivity index (χ1n) is 9.89. The Morgan fingerprint density at radius 2 is 2.13 bits per heavy atom. The number of nitrogens with two attached hydrogens (primary N) is 1. The largest absolute Gasteiger partial charge is 0.478 e. The summed E-state index contributed by atoms with van der Waals surface area (Å²) >= 11 is 5.98. The van der Waals surface area contributed by atoms with E-state index in [0.717, 1.165) is 25.7 Å². The van der Waals surface area contributed by atoms with Crippen molar-refractivity contribution in [1.82, 2.24) is 25.0 Å². The molecular weight excluding hydrogens is 408 g/mol. The molecule has 5 N–H and O–H groups in total.